The molecule has 150 valence electrons. The van der Waals surface area contributed by atoms with Gasteiger partial charge in [0, 0.05) is 17.8 Å². The minimum absolute atomic E-state index is 0.0974. The van der Waals surface area contributed by atoms with Gasteiger partial charge in [-0.3, -0.25) is 4.79 Å². The van der Waals surface area contributed by atoms with Gasteiger partial charge >= 0.3 is 0 Å². The minimum Gasteiger partial charge on any atom is -0.316 e. The number of anilines is 1. The lowest BCUT2D eigenvalue weighted by atomic mass is 9.97. The molecule has 0 atom stereocenters. The number of fused-ring (bicyclic) bond motifs is 1. The van der Waals surface area contributed by atoms with Crippen molar-refractivity contribution in [3.05, 3.63) is 21.8 Å². The summed E-state index contributed by atoms with van der Waals surface area (Å²) in [6.07, 6.45) is 8.52. The van der Waals surface area contributed by atoms with Crippen LogP contribution in [0, 0.1) is 11.3 Å². The second-order valence-corrected chi connectivity index (χ2v) is 9.02. The molecule has 6 nitrogen and oxygen atoms in total. The van der Waals surface area contributed by atoms with Crippen LogP contribution in [-0.4, -0.2) is 26.4 Å². The number of nitrogens with zero attached hydrogens (tertiary/aromatic N) is 4. The van der Waals surface area contributed by atoms with Crippen molar-refractivity contribution < 1.29 is 4.79 Å². The fourth-order valence-corrected chi connectivity index (χ4v) is 5.59. The quantitative estimate of drug-likeness (QED) is 0.667. The summed E-state index contributed by atoms with van der Waals surface area (Å²) in [7, 11) is 0. The molecule has 1 aliphatic carbocycles. The van der Waals surface area contributed by atoms with Gasteiger partial charge in [-0.05, 0) is 37.7 Å². The largest absolute Gasteiger partial charge is 0.316 e. The molecule has 1 amide bonds. The molecule has 28 heavy (non-hydrogen) atoms. The maximum Gasteiger partial charge on any atom is 0.235 e. The number of carbonyl (C=O) groups is 1. The molecule has 2 heterocycles. The van der Waals surface area contributed by atoms with Gasteiger partial charge < -0.3 is 9.88 Å². The van der Waals surface area contributed by atoms with E-state index in [4.69, 9.17) is 0 Å². The number of thiophene rings is 1. The number of amides is 1. The smallest absolute Gasteiger partial charge is 0.235 e. The topological polar surface area (TPSA) is 83.6 Å². The lowest BCUT2D eigenvalue weighted by Gasteiger charge is -2.09. The van der Waals surface area contributed by atoms with E-state index in [1.54, 1.807) is 11.3 Å². The molecule has 8 heteroatoms. The third-order valence-electron chi connectivity index (χ3n) is 4.93. The highest BCUT2D eigenvalue weighted by Gasteiger charge is 2.21. The Kier molecular flexibility index (Phi) is 7.51. The molecule has 0 radical (unpaired) electrons. The second-order valence-electron chi connectivity index (χ2n) is 6.97. The number of aryl methyl sites for hydroxylation is 2. The molecular formula is C20H27N5OS2. The molecule has 2 aromatic rings. The van der Waals surface area contributed by atoms with E-state index in [2.05, 4.69) is 40.0 Å². The zero-order valence-electron chi connectivity index (χ0n) is 16.6. The van der Waals surface area contributed by atoms with Crippen molar-refractivity contribution >= 4 is 34.0 Å². The number of rotatable bonds is 7. The highest BCUT2D eigenvalue weighted by atomic mass is 32.2. The molecule has 1 N–H and O–H groups in total. The molecule has 0 aromatic carbocycles. The molecule has 3 rings (SSSR count). The average Bonchev–Trinajstić information content (AvgIpc) is 3.20. The molecule has 0 aliphatic heterocycles. The maximum atomic E-state index is 12.6. The number of aromatic nitrogens is 3. The Morgan fingerprint density at radius 1 is 1.25 bits per heavy atom. The normalized spacial score (nSPS) is 14.0. The van der Waals surface area contributed by atoms with E-state index in [0.717, 1.165) is 61.6 Å². The first kappa shape index (κ1) is 20.9. The maximum absolute atomic E-state index is 12.6. The van der Waals surface area contributed by atoms with Crippen LogP contribution in [-0.2, 0) is 30.6 Å². The number of nitrogens with one attached hydrogen (secondary N) is 1. The van der Waals surface area contributed by atoms with E-state index < -0.39 is 0 Å². The molecule has 2 aromatic heterocycles. The van der Waals surface area contributed by atoms with Gasteiger partial charge in [-0.1, -0.05) is 38.5 Å². The van der Waals surface area contributed by atoms with Gasteiger partial charge in [-0.25, -0.2) is 0 Å². The third kappa shape index (κ3) is 4.76. The average molecular weight is 418 g/mol. The molecule has 0 spiro atoms. The molecule has 0 bridgehead atoms. The van der Waals surface area contributed by atoms with Gasteiger partial charge in [0.2, 0.25) is 5.91 Å². The van der Waals surface area contributed by atoms with Crippen LogP contribution in [0.25, 0.3) is 0 Å². The monoisotopic (exact) mass is 417 g/mol. The predicted octanol–water partition coefficient (Wildman–Crippen LogP) is 4.57. The lowest BCUT2D eigenvalue weighted by molar-refractivity contribution is -0.113. The summed E-state index contributed by atoms with van der Waals surface area (Å²) < 4.78 is 2.09. The second kappa shape index (κ2) is 10.1. The molecular weight excluding hydrogens is 390 g/mol. The van der Waals surface area contributed by atoms with Crippen molar-refractivity contribution in [3.8, 4) is 6.07 Å². The van der Waals surface area contributed by atoms with E-state index in [1.165, 1.54) is 29.5 Å². The SMILES string of the molecule is CCCn1c(CC)nnc1SCC(=O)Nc1sc2c(c1C#N)CCCCCC2. The number of hydrogen-bond acceptors (Lipinski definition) is 6. The Labute approximate surface area is 174 Å². The van der Waals surface area contributed by atoms with Gasteiger partial charge in [0.1, 0.15) is 16.9 Å². The van der Waals surface area contributed by atoms with Crippen molar-refractivity contribution in [2.24, 2.45) is 0 Å². The van der Waals surface area contributed by atoms with Gasteiger partial charge in [-0.15, -0.1) is 21.5 Å². The lowest BCUT2D eigenvalue weighted by Crippen LogP contribution is -2.15. The van der Waals surface area contributed by atoms with Crippen molar-refractivity contribution in [2.75, 3.05) is 11.1 Å². The number of hydrogen-bond donors (Lipinski definition) is 1. The van der Waals surface area contributed by atoms with Crippen LogP contribution >= 0.6 is 23.1 Å². The van der Waals surface area contributed by atoms with Gasteiger partial charge in [0.15, 0.2) is 5.16 Å². The Balaban J connectivity index is 1.68. The highest BCUT2D eigenvalue weighted by molar-refractivity contribution is 7.99. The van der Waals surface area contributed by atoms with Crippen molar-refractivity contribution in [3.63, 3.8) is 0 Å². The summed E-state index contributed by atoms with van der Waals surface area (Å²) in [5.41, 5.74) is 1.83. The summed E-state index contributed by atoms with van der Waals surface area (Å²) >= 11 is 2.99. The fraction of sp³-hybridized carbons (Fsp3) is 0.600. The van der Waals surface area contributed by atoms with Crippen LogP contribution < -0.4 is 5.32 Å². The summed E-state index contributed by atoms with van der Waals surface area (Å²) in [6.45, 7) is 5.03. The van der Waals surface area contributed by atoms with E-state index in [1.807, 2.05) is 0 Å². The van der Waals surface area contributed by atoms with Crippen molar-refractivity contribution in [1.29, 1.82) is 5.26 Å². The van der Waals surface area contributed by atoms with Gasteiger partial charge in [0.05, 0.1) is 11.3 Å². The zero-order chi connectivity index (χ0) is 19.9. The zero-order valence-corrected chi connectivity index (χ0v) is 18.2. The standard InChI is InChI=1S/C20H27N5OS2/c1-3-11-25-17(4-2)23-24-20(25)27-13-18(26)22-19-15(12-21)14-9-7-5-6-8-10-16(14)28-19/h3-11,13H2,1-2H3,(H,22,26). The Hall–Kier alpha value is -1.85. The number of carbonyl (C=O) groups excluding carboxylic acids is 1. The van der Waals surface area contributed by atoms with E-state index in [9.17, 15) is 10.1 Å². The number of nitriles is 1. The Morgan fingerprint density at radius 2 is 2.04 bits per heavy atom. The van der Waals surface area contributed by atoms with Crippen LogP contribution in [0.15, 0.2) is 5.16 Å². The van der Waals surface area contributed by atoms with Crippen LogP contribution in [0.2, 0.25) is 0 Å². The molecule has 0 saturated carbocycles. The molecule has 0 unspecified atom stereocenters. The first-order valence-corrected chi connectivity index (χ1v) is 11.9. The summed E-state index contributed by atoms with van der Waals surface area (Å²) in [5, 5.41) is 22.6. The highest BCUT2D eigenvalue weighted by Crippen LogP contribution is 2.36. The Morgan fingerprint density at radius 3 is 2.75 bits per heavy atom. The summed E-state index contributed by atoms with van der Waals surface area (Å²) in [6, 6.07) is 2.33. The van der Waals surface area contributed by atoms with E-state index in [0.29, 0.717) is 10.6 Å². The Bertz CT molecular complexity index is 865. The van der Waals surface area contributed by atoms with Gasteiger partial charge in [-0.2, -0.15) is 5.26 Å². The molecule has 0 fully saturated rings. The molecule has 1 aliphatic rings. The fourth-order valence-electron chi connectivity index (χ4n) is 3.55. The van der Waals surface area contributed by atoms with E-state index >= 15 is 0 Å². The van der Waals surface area contributed by atoms with Crippen LogP contribution in [0.1, 0.15) is 67.8 Å². The summed E-state index contributed by atoms with van der Waals surface area (Å²) in [4.78, 5) is 13.8. The van der Waals surface area contributed by atoms with Crippen LogP contribution in [0.3, 0.4) is 0 Å². The number of thioether (sulfide) groups is 1. The summed E-state index contributed by atoms with van der Waals surface area (Å²) in [5.74, 6) is 1.12. The van der Waals surface area contributed by atoms with Crippen LogP contribution in [0.5, 0.6) is 0 Å². The van der Waals surface area contributed by atoms with Crippen molar-refractivity contribution in [2.45, 2.75) is 76.9 Å². The van der Waals surface area contributed by atoms with Crippen LogP contribution in [0.4, 0.5) is 5.00 Å². The first-order chi connectivity index (χ1) is 13.7. The first-order valence-electron chi connectivity index (χ1n) is 10.1. The van der Waals surface area contributed by atoms with Gasteiger partial charge in [0.25, 0.3) is 0 Å². The minimum atomic E-state index is -0.0974. The third-order valence-corrected chi connectivity index (χ3v) is 7.10. The predicted molar refractivity (Wildman–Crippen MR) is 114 cm³/mol. The molecule has 0 saturated heterocycles. The van der Waals surface area contributed by atoms with Crippen molar-refractivity contribution in [1.82, 2.24) is 14.8 Å². The van der Waals surface area contributed by atoms with E-state index in [-0.39, 0.29) is 11.7 Å².